The Morgan fingerprint density at radius 1 is 1.33 bits per heavy atom. The Balaban J connectivity index is 1.79. The highest BCUT2D eigenvalue weighted by atomic mass is 32.2. The Morgan fingerprint density at radius 3 is 2.63 bits per heavy atom. The molecule has 0 aromatic heterocycles. The summed E-state index contributed by atoms with van der Waals surface area (Å²) < 4.78 is 13.9. The number of nitrogens with one attached hydrogen (secondary N) is 1. The quantitative estimate of drug-likeness (QED) is 0.752. The smallest absolute Gasteiger partial charge is 0.243 e. The molecule has 5 nitrogen and oxygen atoms in total. The molecule has 2 rings (SSSR count). The maximum atomic E-state index is 13.2. The minimum absolute atomic E-state index is 0.0980. The molecule has 0 aliphatic carbocycles. The second kappa shape index (κ2) is 10.0. The lowest BCUT2D eigenvalue weighted by Crippen LogP contribution is -2.46. The van der Waals surface area contributed by atoms with Crippen molar-refractivity contribution in [1.82, 2.24) is 9.80 Å². The van der Waals surface area contributed by atoms with E-state index in [2.05, 4.69) is 24.1 Å². The molecule has 0 unspecified atom stereocenters. The fourth-order valence-corrected chi connectivity index (χ4v) is 4.67. The zero-order chi connectivity index (χ0) is 20.0. The van der Waals surface area contributed by atoms with Gasteiger partial charge in [-0.2, -0.15) is 0 Å². The summed E-state index contributed by atoms with van der Waals surface area (Å²) in [7, 11) is 1.57. The third-order valence-electron chi connectivity index (χ3n) is 4.64. The van der Waals surface area contributed by atoms with Crippen LogP contribution in [0.4, 0.5) is 10.1 Å². The van der Waals surface area contributed by atoms with Gasteiger partial charge in [0.05, 0.1) is 12.3 Å². The van der Waals surface area contributed by atoms with Crippen LogP contribution in [0.3, 0.4) is 0 Å². The number of carbonyl (C=O) groups excluding carboxylic acids is 2. The van der Waals surface area contributed by atoms with E-state index in [9.17, 15) is 14.0 Å². The van der Waals surface area contributed by atoms with Crippen LogP contribution >= 0.6 is 24.0 Å². The second-order valence-corrected chi connectivity index (χ2v) is 8.51. The molecular formula is C19H26FN3O2S2. The highest BCUT2D eigenvalue weighted by Crippen LogP contribution is 2.26. The number of anilines is 1. The summed E-state index contributed by atoms with van der Waals surface area (Å²) in [6.07, 6.45) is 3.42. The number of piperidine rings is 1. The third kappa shape index (κ3) is 6.46. The molecule has 1 N–H and O–H groups in total. The normalized spacial score (nSPS) is 19.5. The summed E-state index contributed by atoms with van der Waals surface area (Å²) in [6.45, 7) is 4.22. The first-order chi connectivity index (χ1) is 12.8. The number of benzene rings is 1. The van der Waals surface area contributed by atoms with Crippen LogP contribution in [0.15, 0.2) is 24.3 Å². The lowest BCUT2D eigenvalue weighted by molar-refractivity contribution is -0.131. The average Bonchev–Trinajstić information content (AvgIpc) is 2.59. The number of amides is 2. The largest absolute Gasteiger partial charge is 0.352 e. The van der Waals surface area contributed by atoms with Gasteiger partial charge in [-0.15, -0.1) is 0 Å². The van der Waals surface area contributed by atoms with Crippen molar-refractivity contribution < 1.29 is 14.0 Å². The summed E-state index contributed by atoms with van der Waals surface area (Å²) in [5, 5.41) is 2.58. The number of hydrogen-bond donors (Lipinski definition) is 1. The van der Waals surface area contributed by atoms with E-state index in [1.54, 1.807) is 13.1 Å². The fourth-order valence-electron chi connectivity index (χ4n) is 3.16. The number of thioether (sulfide) groups is 1. The average molecular weight is 412 g/mol. The van der Waals surface area contributed by atoms with Crippen LogP contribution in [0.2, 0.25) is 0 Å². The first kappa shape index (κ1) is 21.6. The van der Waals surface area contributed by atoms with Gasteiger partial charge in [-0.05, 0) is 51.3 Å². The van der Waals surface area contributed by atoms with Gasteiger partial charge in [0.15, 0.2) is 0 Å². The highest BCUT2D eigenvalue weighted by molar-refractivity contribution is 8.23. The Bertz CT molecular complexity index is 691. The number of halogens is 1. The molecular weight excluding hydrogens is 385 g/mol. The van der Waals surface area contributed by atoms with E-state index in [1.807, 2.05) is 0 Å². The number of carbonyl (C=O) groups is 2. The Labute approximate surface area is 169 Å². The van der Waals surface area contributed by atoms with E-state index in [0.29, 0.717) is 17.8 Å². The van der Waals surface area contributed by atoms with Gasteiger partial charge >= 0.3 is 0 Å². The van der Waals surface area contributed by atoms with E-state index in [4.69, 9.17) is 12.2 Å². The van der Waals surface area contributed by atoms with Crippen LogP contribution in [-0.4, -0.2) is 57.4 Å². The molecule has 1 fully saturated rings. The lowest BCUT2D eigenvalue weighted by atomic mass is 9.99. The van der Waals surface area contributed by atoms with Crippen LogP contribution in [0, 0.1) is 5.82 Å². The monoisotopic (exact) mass is 411 g/mol. The van der Waals surface area contributed by atoms with Gasteiger partial charge < -0.3 is 15.1 Å². The third-order valence-corrected chi connectivity index (χ3v) is 6.05. The summed E-state index contributed by atoms with van der Waals surface area (Å²) in [4.78, 5) is 27.9. The molecule has 2 atom stereocenters. The van der Waals surface area contributed by atoms with Crippen molar-refractivity contribution in [3.63, 3.8) is 0 Å². The molecule has 1 aromatic carbocycles. The molecule has 1 heterocycles. The van der Waals surface area contributed by atoms with Crippen molar-refractivity contribution in [3.05, 3.63) is 30.1 Å². The summed E-state index contributed by atoms with van der Waals surface area (Å²) in [6, 6.07) is 6.42. The van der Waals surface area contributed by atoms with Gasteiger partial charge in [0.1, 0.15) is 10.1 Å². The number of rotatable bonds is 5. The molecule has 0 spiro atoms. The van der Waals surface area contributed by atoms with Gasteiger partial charge in [0.25, 0.3) is 0 Å². The van der Waals surface area contributed by atoms with Crippen LogP contribution in [0.1, 0.15) is 33.1 Å². The molecule has 1 aliphatic heterocycles. The number of nitrogens with zero attached hydrogens (tertiary/aromatic N) is 2. The van der Waals surface area contributed by atoms with Crippen molar-refractivity contribution in [3.8, 4) is 0 Å². The van der Waals surface area contributed by atoms with E-state index in [0.717, 1.165) is 17.2 Å². The molecule has 1 aliphatic rings. The molecule has 0 saturated carbocycles. The lowest BCUT2D eigenvalue weighted by Gasteiger charge is -2.40. The van der Waals surface area contributed by atoms with Crippen molar-refractivity contribution in [2.75, 3.05) is 24.7 Å². The van der Waals surface area contributed by atoms with Gasteiger partial charge in [0, 0.05) is 24.8 Å². The maximum absolute atomic E-state index is 13.2. The van der Waals surface area contributed by atoms with Crippen molar-refractivity contribution >= 4 is 45.8 Å². The Kier molecular flexibility index (Phi) is 8.04. The second-order valence-electron chi connectivity index (χ2n) is 6.90. The molecule has 1 aromatic rings. The topological polar surface area (TPSA) is 52.7 Å². The molecule has 0 radical (unpaired) electrons. The summed E-state index contributed by atoms with van der Waals surface area (Å²) in [5.74, 6) is -0.780. The van der Waals surface area contributed by atoms with E-state index >= 15 is 0 Å². The van der Waals surface area contributed by atoms with Crippen LogP contribution in [-0.2, 0) is 9.59 Å². The maximum Gasteiger partial charge on any atom is 0.243 e. The van der Waals surface area contributed by atoms with Crippen LogP contribution < -0.4 is 5.32 Å². The van der Waals surface area contributed by atoms with Gasteiger partial charge in [0.2, 0.25) is 11.8 Å². The van der Waals surface area contributed by atoms with Gasteiger partial charge in [-0.3, -0.25) is 9.59 Å². The Morgan fingerprint density at radius 2 is 2.00 bits per heavy atom. The van der Waals surface area contributed by atoms with Crippen molar-refractivity contribution in [1.29, 1.82) is 0 Å². The minimum atomic E-state index is -0.427. The van der Waals surface area contributed by atoms with Gasteiger partial charge in [-0.1, -0.05) is 30.0 Å². The molecule has 1 saturated heterocycles. The number of likely N-dealkylation sites (tertiary alicyclic amines) is 1. The van der Waals surface area contributed by atoms with E-state index in [1.165, 1.54) is 41.3 Å². The van der Waals surface area contributed by atoms with Gasteiger partial charge in [-0.25, -0.2) is 4.39 Å². The van der Waals surface area contributed by atoms with E-state index < -0.39 is 5.82 Å². The fraction of sp³-hybridized carbons (Fsp3) is 0.526. The Hall–Kier alpha value is -1.67. The molecule has 2 amide bonds. The first-order valence-electron chi connectivity index (χ1n) is 9.02. The van der Waals surface area contributed by atoms with Crippen LogP contribution in [0.5, 0.6) is 0 Å². The van der Waals surface area contributed by atoms with E-state index in [-0.39, 0.29) is 24.1 Å². The summed E-state index contributed by atoms with van der Waals surface area (Å²) in [5.41, 5.74) is 0.365. The zero-order valence-corrected chi connectivity index (χ0v) is 17.5. The predicted molar refractivity (Wildman–Crippen MR) is 112 cm³/mol. The molecule has 27 heavy (non-hydrogen) atoms. The molecule has 8 heteroatoms. The summed E-state index contributed by atoms with van der Waals surface area (Å²) >= 11 is 6.87. The highest BCUT2D eigenvalue weighted by Gasteiger charge is 2.27. The first-order valence-corrected chi connectivity index (χ1v) is 10.4. The number of thiocarbonyl (C=S) groups is 1. The minimum Gasteiger partial charge on any atom is -0.352 e. The van der Waals surface area contributed by atoms with Crippen LogP contribution in [0.25, 0.3) is 0 Å². The predicted octanol–water partition coefficient (Wildman–Crippen LogP) is 3.50. The zero-order valence-electron chi connectivity index (χ0n) is 15.9. The standard InChI is InChI=1S/C19H26FN3O2S2/c1-13-6-4-7-14(2)23(13)19(26)27-12-18(25)22(3)11-17(24)21-16-9-5-8-15(20)10-16/h5,8-10,13-14H,4,6-7,11-12H2,1-3H3,(H,21,24)/t13-,14-/m0/s1. The van der Waals surface area contributed by atoms with Crippen molar-refractivity contribution in [2.45, 2.75) is 45.2 Å². The number of likely N-dealkylation sites (N-methyl/N-ethyl adjacent to an activating group) is 1. The molecule has 148 valence electrons. The van der Waals surface area contributed by atoms with Crippen molar-refractivity contribution in [2.24, 2.45) is 0 Å². The SMILES string of the molecule is C[C@H]1CCC[C@H](C)N1C(=S)SCC(=O)N(C)CC(=O)Nc1cccc(F)c1. The molecule has 0 bridgehead atoms. The number of hydrogen-bond acceptors (Lipinski definition) is 4.